The van der Waals surface area contributed by atoms with E-state index in [0.29, 0.717) is 74.1 Å². The lowest BCUT2D eigenvalue weighted by Gasteiger charge is -2.67. The lowest BCUT2D eigenvalue weighted by molar-refractivity contribution is -0.436. The summed E-state index contributed by atoms with van der Waals surface area (Å²) >= 11 is 0. The van der Waals surface area contributed by atoms with Crippen LogP contribution in [-0.4, -0.2) is 62.1 Å². The van der Waals surface area contributed by atoms with Crippen molar-refractivity contribution in [3.8, 4) is 0 Å². The van der Waals surface area contributed by atoms with Crippen LogP contribution in [0, 0.1) is 23.7 Å². The average molecular weight is 505 g/mol. The zero-order chi connectivity index (χ0) is 25.5. The van der Waals surface area contributed by atoms with E-state index in [9.17, 15) is 9.59 Å². The Balaban J connectivity index is 1.19. The van der Waals surface area contributed by atoms with Gasteiger partial charge in [-0.25, -0.2) is 9.59 Å². The summed E-state index contributed by atoms with van der Waals surface area (Å²) in [4.78, 5) is 23.5. The lowest BCUT2D eigenvalue weighted by atomic mass is 9.50. The molecule has 2 spiro atoms. The standard InChI is InChI=1S/C28H40O8/c1-17(2)25(29)31-9-5-23-7-11-33-27(35-23)19-13-21-15-20(27)16-22(14-19)28(21)34-12-8-24(36-28)6-10-32-26(30)18(3)4/h19-24H,1,3,5-16H2,2,4H3. The molecule has 2 unspecified atom stereocenters. The fourth-order valence-electron chi connectivity index (χ4n) is 7.22. The first-order valence-electron chi connectivity index (χ1n) is 13.5. The number of rotatable bonds is 8. The van der Waals surface area contributed by atoms with Gasteiger partial charge in [-0.2, -0.15) is 0 Å². The number of esters is 2. The SMILES string of the molecule is C=C(C)C(=O)OCCC1CCOC2(O1)C1CC3CC2CC(C1)C31OCCC(CCOC(=O)C(=C)C)O1. The highest BCUT2D eigenvalue weighted by molar-refractivity contribution is 5.87. The van der Waals surface area contributed by atoms with Crippen molar-refractivity contribution in [1.82, 2.24) is 0 Å². The predicted molar refractivity (Wildman–Crippen MR) is 130 cm³/mol. The van der Waals surface area contributed by atoms with Crippen molar-refractivity contribution in [1.29, 1.82) is 0 Å². The van der Waals surface area contributed by atoms with Crippen LogP contribution in [0.2, 0.25) is 0 Å². The Morgan fingerprint density at radius 3 is 1.42 bits per heavy atom. The van der Waals surface area contributed by atoms with Gasteiger partial charge in [0.25, 0.3) is 0 Å². The van der Waals surface area contributed by atoms with Crippen LogP contribution in [-0.2, 0) is 38.0 Å². The molecule has 6 aliphatic rings. The van der Waals surface area contributed by atoms with Gasteiger partial charge in [-0.05, 0) is 52.4 Å². The maximum Gasteiger partial charge on any atom is 0.333 e. The van der Waals surface area contributed by atoms with E-state index in [-0.39, 0.29) is 24.1 Å². The second kappa shape index (κ2) is 10.2. The highest BCUT2D eigenvalue weighted by Crippen LogP contribution is 2.66. The molecule has 2 saturated heterocycles. The molecule has 0 aromatic heterocycles. The minimum absolute atomic E-state index is 0.0247. The van der Waals surface area contributed by atoms with E-state index in [1.807, 2.05) is 0 Å². The van der Waals surface area contributed by atoms with E-state index in [0.717, 1.165) is 38.5 Å². The zero-order valence-corrected chi connectivity index (χ0v) is 21.6. The molecule has 36 heavy (non-hydrogen) atoms. The molecular weight excluding hydrogens is 464 g/mol. The average Bonchev–Trinajstić information content (AvgIpc) is 2.83. The van der Waals surface area contributed by atoms with Gasteiger partial charge in [-0.3, -0.25) is 0 Å². The number of carbonyl (C=O) groups excluding carboxylic acids is 2. The highest BCUT2D eigenvalue weighted by Gasteiger charge is 2.69. The van der Waals surface area contributed by atoms with Crippen LogP contribution in [0.4, 0.5) is 0 Å². The summed E-state index contributed by atoms with van der Waals surface area (Å²) in [5.41, 5.74) is 0.827. The molecule has 4 aliphatic carbocycles. The van der Waals surface area contributed by atoms with Crippen molar-refractivity contribution in [2.45, 2.75) is 89.0 Å². The first-order valence-corrected chi connectivity index (χ1v) is 13.5. The molecule has 2 aliphatic heterocycles. The van der Waals surface area contributed by atoms with Crippen LogP contribution in [0.25, 0.3) is 0 Å². The summed E-state index contributed by atoms with van der Waals surface area (Å²) < 4.78 is 36.9. The second-order valence-electron chi connectivity index (χ2n) is 11.3. The fourth-order valence-corrected chi connectivity index (χ4v) is 7.22. The summed E-state index contributed by atoms with van der Waals surface area (Å²) in [5.74, 6) is -0.522. The topological polar surface area (TPSA) is 89.5 Å². The lowest BCUT2D eigenvalue weighted by Crippen LogP contribution is -2.71. The van der Waals surface area contributed by atoms with Gasteiger partial charge in [-0.1, -0.05) is 13.2 Å². The van der Waals surface area contributed by atoms with E-state index in [2.05, 4.69) is 13.2 Å². The number of hydrogen-bond acceptors (Lipinski definition) is 8. The maximum atomic E-state index is 11.7. The Hall–Kier alpha value is -1.74. The number of carbonyl (C=O) groups is 2. The van der Waals surface area contributed by atoms with Crippen LogP contribution in [0.5, 0.6) is 0 Å². The Morgan fingerprint density at radius 2 is 1.08 bits per heavy atom. The summed E-state index contributed by atoms with van der Waals surface area (Å²) in [5, 5.41) is 0. The third kappa shape index (κ3) is 4.66. The molecule has 0 aromatic rings. The van der Waals surface area contributed by atoms with Crippen LogP contribution in [0.1, 0.15) is 65.2 Å². The molecule has 200 valence electrons. The van der Waals surface area contributed by atoms with Crippen LogP contribution < -0.4 is 0 Å². The van der Waals surface area contributed by atoms with Crippen molar-refractivity contribution in [3.63, 3.8) is 0 Å². The van der Waals surface area contributed by atoms with Gasteiger partial charge in [-0.15, -0.1) is 0 Å². The first kappa shape index (κ1) is 25.9. The Kier molecular flexibility index (Phi) is 7.33. The summed E-state index contributed by atoms with van der Waals surface area (Å²) in [6, 6.07) is 0. The minimum atomic E-state index is -0.541. The normalized spacial score (nSPS) is 40.8. The van der Waals surface area contributed by atoms with E-state index in [1.54, 1.807) is 13.8 Å². The molecule has 8 nitrogen and oxygen atoms in total. The van der Waals surface area contributed by atoms with E-state index in [4.69, 9.17) is 28.4 Å². The Labute approximate surface area is 213 Å². The molecule has 0 aromatic carbocycles. The summed E-state index contributed by atoms with van der Waals surface area (Å²) in [6.07, 6.45) is 6.86. The van der Waals surface area contributed by atoms with Crippen molar-refractivity contribution < 1.29 is 38.0 Å². The summed E-state index contributed by atoms with van der Waals surface area (Å²) in [6.45, 7) is 12.6. The van der Waals surface area contributed by atoms with Crippen LogP contribution >= 0.6 is 0 Å². The molecule has 4 bridgehead atoms. The molecular formula is C28H40O8. The first-order chi connectivity index (χ1) is 17.2. The van der Waals surface area contributed by atoms with Crippen molar-refractivity contribution in [2.75, 3.05) is 26.4 Å². The quantitative estimate of drug-likeness (QED) is 0.361. The molecule has 6 rings (SSSR count). The third-order valence-electron chi connectivity index (χ3n) is 8.83. The molecule has 6 fully saturated rings. The highest BCUT2D eigenvalue weighted by atomic mass is 16.7. The third-order valence-corrected chi connectivity index (χ3v) is 8.83. The van der Waals surface area contributed by atoms with Gasteiger partial charge < -0.3 is 28.4 Å². The molecule has 8 heteroatoms. The van der Waals surface area contributed by atoms with Gasteiger partial charge >= 0.3 is 11.9 Å². The van der Waals surface area contributed by atoms with Gasteiger partial charge in [0.1, 0.15) is 0 Å². The second-order valence-corrected chi connectivity index (χ2v) is 11.3. The molecule has 2 heterocycles. The van der Waals surface area contributed by atoms with Crippen molar-refractivity contribution >= 4 is 11.9 Å². The Bertz CT molecular complexity index is 796. The monoisotopic (exact) mass is 504 g/mol. The zero-order valence-electron chi connectivity index (χ0n) is 21.6. The predicted octanol–water partition coefficient (Wildman–Crippen LogP) is 4.07. The van der Waals surface area contributed by atoms with Gasteiger partial charge in [0, 0.05) is 47.7 Å². The van der Waals surface area contributed by atoms with Crippen LogP contribution in [0.15, 0.2) is 24.3 Å². The van der Waals surface area contributed by atoms with E-state index >= 15 is 0 Å². The van der Waals surface area contributed by atoms with Gasteiger partial charge in [0.05, 0.1) is 38.6 Å². The smallest absolute Gasteiger partial charge is 0.333 e. The van der Waals surface area contributed by atoms with Gasteiger partial charge in [0.2, 0.25) is 0 Å². The maximum absolute atomic E-state index is 11.7. The fraction of sp³-hybridized carbons (Fsp3) is 0.786. The van der Waals surface area contributed by atoms with E-state index in [1.165, 1.54) is 0 Å². The summed E-state index contributed by atoms with van der Waals surface area (Å²) in [7, 11) is 0. The van der Waals surface area contributed by atoms with E-state index < -0.39 is 11.6 Å². The van der Waals surface area contributed by atoms with Crippen LogP contribution in [0.3, 0.4) is 0 Å². The van der Waals surface area contributed by atoms with Gasteiger partial charge in [0.15, 0.2) is 11.6 Å². The number of hydrogen-bond donors (Lipinski definition) is 0. The molecule has 2 atom stereocenters. The number of ether oxygens (including phenoxy) is 6. The molecule has 0 radical (unpaired) electrons. The molecule has 0 N–H and O–H groups in total. The minimum Gasteiger partial charge on any atom is -0.462 e. The molecule has 4 saturated carbocycles. The van der Waals surface area contributed by atoms with Crippen molar-refractivity contribution in [2.24, 2.45) is 23.7 Å². The largest absolute Gasteiger partial charge is 0.462 e. The Morgan fingerprint density at radius 1 is 0.722 bits per heavy atom. The molecule has 0 amide bonds. The van der Waals surface area contributed by atoms with Crippen molar-refractivity contribution in [3.05, 3.63) is 24.3 Å².